The van der Waals surface area contributed by atoms with Gasteiger partial charge in [0.05, 0.1) is 6.61 Å². The minimum absolute atomic E-state index is 0.0377. The molecule has 176 valence electrons. The van der Waals surface area contributed by atoms with E-state index in [1.165, 1.54) is 20.2 Å². The molecule has 1 heterocycles. The van der Waals surface area contributed by atoms with E-state index in [0.717, 1.165) is 20.8 Å². The Labute approximate surface area is 199 Å². The Bertz CT molecular complexity index is 1410. The van der Waals surface area contributed by atoms with Crippen molar-refractivity contribution in [3.8, 4) is 5.75 Å². The zero-order chi connectivity index (χ0) is 24.3. The molecule has 0 aliphatic rings. The summed E-state index contributed by atoms with van der Waals surface area (Å²) in [6, 6.07) is 21.1. The number of aromatic nitrogens is 1. The monoisotopic (exact) mass is 477 g/mol. The summed E-state index contributed by atoms with van der Waals surface area (Å²) in [6.45, 7) is 2.12. The fourth-order valence-electron chi connectivity index (χ4n) is 3.81. The summed E-state index contributed by atoms with van der Waals surface area (Å²) in [5, 5.41) is 4.10. The standard InChI is InChI=1S/C26H27N3O4S/c1-4-33-23-15-14-19(16-24(23)34(31,32)29(2)3)28-25(18-10-6-5-7-11-18)26(30)21-17-27-22-13-9-8-12-20(21)22/h5-17,25,27-28H,4H2,1-3H3/t25-/m0/s1. The Hall–Kier alpha value is -3.62. The normalized spacial score (nSPS) is 12.6. The summed E-state index contributed by atoms with van der Waals surface area (Å²) in [5.41, 5.74) is 2.69. The van der Waals surface area contributed by atoms with E-state index in [-0.39, 0.29) is 16.4 Å². The predicted molar refractivity (Wildman–Crippen MR) is 134 cm³/mol. The van der Waals surface area contributed by atoms with Gasteiger partial charge in [0.15, 0.2) is 5.78 Å². The number of nitrogens with one attached hydrogen (secondary N) is 2. The number of anilines is 1. The molecule has 0 radical (unpaired) electrons. The van der Waals surface area contributed by atoms with Crippen molar-refractivity contribution < 1.29 is 17.9 Å². The Morgan fingerprint density at radius 1 is 1.03 bits per heavy atom. The fraction of sp³-hybridized carbons (Fsp3) is 0.192. The lowest BCUT2D eigenvalue weighted by atomic mass is 9.96. The van der Waals surface area contributed by atoms with Gasteiger partial charge in [-0.05, 0) is 36.8 Å². The lowest BCUT2D eigenvalue weighted by Gasteiger charge is -2.21. The van der Waals surface area contributed by atoms with E-state index in [4.69, 9.17) is 4.74 Å². The first kappa shape index (κ1) is 23.5. The number of hydrogen-bond donors (Lipinski definition) is 2. The number of hydrogen-bond acceptors (Lipinski definition) is 5. The van der Waals surface area contributed by atoms with Gasteiger partial charge < -0.3 is 15.0 Å². The second kappa shape index (κ2) is 9.70. The van der Waals surface area contributed by atoms with Gasteiger partial charge in [-0.2, -0.15) is 0 Å². The second-order valence-corrected chi connectivity index (χ2v) is 10.1. The Morgan fingerprint density at radius 2 is 1.74 bits per heavy atom. The maximum absolute atomic E-state index is 13.8. The van der Waals surface area contributed by atoms with Gasteiger partial charge in [-0.3, -0.25) is 4.79 Å². The number of H-pyrrole nitrogens is 1. The molecule has 34 heavy (non-hydrogen) atoms. The Morgan fingerprint density at radius 3 is 2.44 bits per heavy atom. The van der Waals surface area contributed by atoms with Gasteiger partial charge in [0.25, 0.3) is 0 Å². The molecule has 1 atom stereocenters. The van der Waals surface area contributed by atoms with Crippen molar-refractivity contribution in [2.24, 2.45) is 0 Å². The van der Waals surface area contributed by atoms with Crippen LogP contribution in [-0.4, -0.2) is 44.2 Å². The average molecular weight is 478 g/mol. The SMILES string of the molecule is CCOc1ccc(N[C@H](C(=O)c2c[nH]c3ccccc23)c2ccccc2)cc1S(=O)(=O)N(C)C. The number of Topliss-reactive ketones (excluding diaryl/α,β-unsaturated/α-hetero) is 1. The van der Waals surface area contributed by atoms with Crippen LogP contribution in [0.4, 0.5) is 5.69 Å². The molecule has 7 nitrogen and oxygen atoms in total. The summed E-state index contributed by atoms with van der Waals surface area (Å²) < 4.78 is 32.6. The molecule has 0 saturated heterocycles. The van der Waals surface area contributed by atoms with Crippen molar-refractivity contribution in [3.63, 3.8) is 0 Å². The molecular formula is C26H27N3O4S. The van der Waals surface area contributed by atoms with Crippen LogP contribution in [0.15, 0.2) is 83.9 Å². The number of para-hydroxylation sites is 1. The summed E-state index contributed by atoms with van der Waals surface area (Å²) >= 11 is 0. The molecule has 0 unspecified atom stereocenters. The number of nitrogens with zero attached hydrogens (tertiary/aromatic N) is 1. The molecule has 0 fully saturated rings. The predicted octanol–water partition coefficient (Wildman–Crippen LogP) is 4.85. The molecule has 0 aliphatic carbocycles. The molecule has 0 amide bonds. The molecule has 1 aromatic heterocycles. The van der Waals surface area contributed by atoms with Gasteiger partial charge in [-0.1, -0.05) is 48.5 Å². The van der Waals surface area contributed by atoms with Crippen LogP contribution in [0, 0.1) is 0 Å². The van der Waals surface area contributed by atoms with Crippen LogP contribution in [0.3, 0.4) is 0 Å². The minimum atomic E-state index is -3.77. The van der Waals surface area contributed by atoms with E-state index < -0.39 is 16.1 Å². The maximum atomic E-state index is 13.8. The molecule has 0 bridgehead atoms. The van der Waals surface area contributed by atoms with Crippen LogP contribution in [0.1, 0.15) is 28.9 Å². The summed E-state index contributed by atoms with van der Waals surface area (Å²) in [4.78, 5) is 16.9. The molecule has 2 N–H and O–H groups in total. The highest BCUT2D eigenvalue weighted by Gasteiger charge is 2.27. The number of aromatic amines is 1. The third kappa shape index (κ3) is 4.55. The number of ether oxygens (including phenoxy) is 1. The lowest BCUT2D eigenvalue weighted by molar-refractivity contribution is 0.0971. The van der Waals surface area contributed by atoms with Crippen LogP contribution >= 0.6 is 0 Å². The first-order valence-electron chi connectivity index (χ1n) is 10.9. The molecular weight excluding hydrogens is 450 g/mol. The number of ketones is 1. The van der Waals surface area contributed by atoms with E-state index in [1.807, 2.05) is 54.6 Å². The lowest BCUT2D eigenvalue weighted by Crippen LogP contribution is -2.24. The van der Waals surface area contributed by atoms with Crippen molar-refractivity contribution in [2.45, 2.75) is 17.9 Å². The van der Waals surface area contributed by atoms with Crippen molar-refractivity contribution in [3.05, 3.63) is 90.1 Å². The van der Waals surface area contributed by atoms with Gasteiger partial charge in [0, 0.05) is 42.4 Å². The zero-order valence-electron chi connectivity index (χ0n) is 19.3. The Kier molecular flexibility index (Phi) is 6.72. The quantitative estimate of drug-likeness (QED) is 0.336. The van der Waals surface area contributed by atoms with Crippen molar-refractivity contribution in [1.29, 1.82) is 0 Å². The summed E-state index contributed by atoms with van der Waals surface area (Å²) in [6.07, 6.45) is 1.71. The molecule has 0 spiro atoms. The Balaban J connectivity index is 1.78. The van der Waals surface area contributed by atoms with Crippen molar-refractivity contribution >= 4 is 32.4 Å². The van der Waals surface area contributed by atoms with Gasteiger partial charge in [0.1, 0.15) is 16.7 Å². The van der Waals surface area contributed by atoms with Crippen LogP contribution in [0.5, 0.6) is 5.75 Å². The smallest absolute Gasteiger partial charge is 0.246 e. The highest BCUT2D eigenvalue weighted by atomic mass is 32.2. The number of benzene rings is 3. The third-order valence-electron chi connectivity index (χ3n) is 5.56. The maximum Gasteiger partial charge on any atom is 0.246 e. The van der Waals surface area contributed by atoms with Crippen LogP contribution in [0.25, 0.3) is 10.9 Å². The first-order chi connectivity index (χ1) is 16.3. The van der Waals surface area contributed by atoms with Gasteiger partial charge in [0.2, 0.25) is 10.0 Å². The number of carbonyl (C=O) groups excluding carboxylic acids is 1. The highest BCUT2D eigenvalue weighted by Crippen LogP contribution is 2.32. The molecule has 0 saturated carbocycles. The van der Waals surface area contributed by atoms with E-state index >= 15 is 0 Å². The van der Waals surface area contributed by atoms with E-state index in [9.17, 15) is 13.2 Å². The van der Waals surface area contributed by atoms with Crippen molar-refractivity contribution in [2.75, 3.05) is 26.0 Å². The second-order valence-electron chi connectivity index (χ2n) is 7.98. The topological polar surface area (TPSA) is 91.5 Å². The zero-order valence-corrected chi connectivity index (χ0v) is 20.1. The number of fused-ring (bicyclic) bond motifs is 1. The third-order valence-corrected chi connectivity index (χ3v) is 7.40. The molecule has 4 aromatic rings. The molecule has 0 aliphatic heterocycles. The summed E-state index contributed by atoms with van der Waals surface area (Å²) in [5.74, 6) is 0.135. The molecule has 8 heteroatoms. The largest absolute Gasteiger partial charge is 0.492 e. The first-order valence-corrected chi connectivity index (χ1v) is 12.4. The van der Waals surface area contributed by atoms with Crippen LogP contribution in [0.2, 0.25) is 0 Å². The molecule has 3 aromatic carbocycles. The fourth-order valence-corrected chi connectivity index (χ4v) is 4.86. The molecule has 4 rings (SSSR count). The van der Waals surface area contributed by atoms with E-state index in [2.05, 4.69) is 10.3 Å². The number of sulfonamides is 1. The van der Waals surface area contributed by atoms with Gasteiger partial charge >= 0.3 is 0 Å². The van der Waals surface area contributed by atoms with Crippen LogP contribution < -0.4 is 10.1 Å². The summed E-state index contributed by atoms with van der Waals surface area (Å²) in [7, 11) is -0.825. The average Bonchev–Trinajstić information content (AvgIpc) is 3.27. The van der Waals surface area contributed by atoms with E-state index in [0.29, 0.717) is 17.9 Å². The van der Waals surface area contributed by atoms with Crippen molar-refractivity contribution in [1.82, 2.24) is 9.29 Å². The number of rotatable bonds is 9. The van der Waals surface area contributed by atoms with Crippen LogP contribution in [-0.2, 0) is 10.0 Å². The minimum Gasteiger partial charge on any atom is -0.492 e. The highest BCUT2D eigenvalue weighted by molar-refractivity contribution is 7.89. The number of carbonyl (C=O) groups is 1. The van der Waals surface area contributed by atoms with Gasteiger partial charge in [-0.25, -0.2) is 12.7 Å². The van der Waals surface area contributed by atoms with Gasteiger partial charge in [-0.15, -0.1) is 0 Å². The van der Waals surface area contributed by atoms with E-state index in [1.54, 1.807) is 25.3 Å².